The molecule has 1 unspecified atom stereocenters. The smallest absolute Gasteiger partial charge is 0.441 e. The first-order valence-electron chi connectivity index (χ1n) is 13.1. The first kappa shape index (κ1) is 29.5. The summed E-state index contributed by atoms with van der Waals surface area (Å²) in [5, 5.41) is 0.118. The highest BCUT2D eigenvalue weighted by atomic mass is 32.2. The van der Waals surface area contributed by atoms with E-state index < -0.39 is 63.0 Å². The summed E-state index contributed by atoms with van der Waals surface area (Å²) in [6.07, 6.45) is -4.12. The van der Waals surface area contributed by atoms with Crippen molar-refractivity contribution < 1.29 is 45.0 Å². The van der Waals surface area contributed by atoms with Crippen LogP contribution >= 0.6 is 11.5 Å². The van der Waals surface area contributed by atoms with Gasteiger partial charge in [0.25, 0.3) is 0 Å². The van der Waals surface area contributed by atoms with Crippen molar-refractivity contribution in [1.82, 2.24) is 14.3 Å². The Morgan fingerprint density at radius 1 is 1.15 bits per heavy atom. The minimum absolute atomic E-state index is 0.0965. The van der Waals surface area contributed by atoms with Gasteiger partial charge in [0.05, 0.1) is 16.6 Å². The van der Waals surface area contributed by atoms with Crippen molar-refractivity contribution in [2.75, 3.05) is 24.5 Å². The SMILES string of the molecule is CC(C)c1nsc(N2CCC(N3CCC(OC(=O)C(F)(F)F)(Oc4ccc(S(=O)(=O)C5CC5)cc4F)C3=O)CC2)n1. The number of carbonyl (C=O) groups is 2. The number of aromatic nitrogens is 2. The predicted octanol–water partition coefficient (Wildman–Crippen LogP) is 3.82. The number of benzene rings is 1. The zero-order valence-electron chi connectivity index (χ0n) is 22.2. The van der Waals surface area contributed by atoms with Crippen LogP contribution in [-0.4, -0.2) is 77.4 Å². The summed E-state index contributed by atoms with van der Waals surface area (Å²) in [5.41, 5.74) is 0. The maximum Gasteiger partial charge on any atom is 0.491 e. The van der Waals surface area contributed by atoms with Gasteiger partial charge in [-0.05, 0) is 43.9 Å². The molecule has 5 rings (SSSR count). The van der Waals surface area contributed by atoms with Gasteiger partial charge >= 0.3 is 23.8 Å². The molecular formula is C25H28F4N4O6S2. The van der Waals surface area contributed by atoms with Crippen LogP contribution < -0.4 is 9.64 Å². The monoisotopic (exact) mass is 620 g/mol. The van der Waals surface area contributed by atoms with Gasteiger partial charge in [-0.25, -0.2) is 22.6 Å². The molecule has 0 spiro atoms. The molecule has 2 aromatic rings. The zero-order valence-corrected chi connectivity index (χ0v) is 23.8. The molecule has 224 valence electrons. The van der Waals surface area contributed by atoms with Crippen molar-refractivity contribution >= 4 is 38.4 Å². The number of anilines is 1. The second-order valence-corrected chi connectivity index (χ2v) is 13.6. The lowest BCUT2D eigenvalue weighted by Gasteiger charge is -2.37. The molecule has 1 atom stereocenters. The van der Waals surface area contributed by atoms with E-state index in [1.54, 1.807) is 0 Å². The van der Waals surface area contributed by atoms with Gasteiger partial charge in [0, 0.05) is 43.1 Å². The highest BCUT2D eigenvalue weighted by Gasteiger charge is 2.58. The third kappa shape index (κ3) is 5.85. The van der Waals surface area contributed by atoms with Crippen LogP contribution in [0.4, 0.5) is 22.7 Å². The van der Waals surface area contributed by atoms with Crippen LogP contribution in [0, 0.1) is 5.82 Å². The van der Waals surface area contributed by atoms with Crippen molar-refractivity contribution in [3.63, 3.8) is 0 Å². The summed E-state index contributed by atoms with van der Waals surface area (Å²) in [5.74, 6) is -7.51. The number of carbonyl (C=O) groups excluding carboxylic acids is 2. The Morgan fingerprint density at radius 3 is 2.39 bits per heavy atom. The Hall–Kier alpha value is -3.01. The van der Waals surface area contributed by atoms with E-state index in [0.29, 0.717) is 44.8 Å². The number of sulfone groups is 1. The van der Waals surface area contributed by atoms with E-state index in [1.807, 2.05) is 18.7 Å². The van der Waals surface area contributed by atoms with E-state index in [0.717, 1.165) is 23.1 Å². The quantitative estimate of drug-likeness (QED) is 0.247. The molecule has 2 aliphatic heterocycles. The number of likely N-dealkylation sites (tertiary alicyclic amines) is 1. The van der Waals surface area contributed by atoms with Gasteiger partial charge < -0.3 is 19.3 Å². The number of amides is 1. The highest BCUT2D eigenvalue weighted by molar-refractivity contribution is 7.92. The van der Waals surface area contributed by atoms with Crippen molar-refractivity contribution in [3.8, 4) is 5.75 Å². The van der Waals surface area contributed by atoms with E-state index in [1.165, 1.54) is 16.4 Å². The first-order valence-corrected chi connectivity index (χ1v) is 15.5. The first-order chi connectivity index (χ1) is 19.2. The number of ether oxygens (including phenoxy) is 2. The summed E-state index contributed by atoms with van der Waals surface area (Å²) < 4.78 is 93.9. The molecular weight excluding hydrogens is 592 g/mol. The van der Waals surface area contributed by atoms with Crippen molar-refractivity contribution in [2.24, 2.45) is 0 Å². The maximum atomic E-state index is 15.0. The largest absolute Gasteiger partial charge is 0.491 e. The molecule has 1 aromatic carbocycles. The van der Waals surface area contributed by atoms with Crippen LogP contribution in [0.25, 0.3) is 0 Å². The third-order valence-corrected chi connectivity index (χ3v) is 10.4. The second-order valence-electron chi connectivity index (χ2n) is 10.6. The molecule has 3 aliphatic rings. The molecule has 1 aromatic heterocycles. The molecule has 1 amide bonds. The number of alkyl halides is 3. The van der Waals surface area contributed by atoms with Crippen LogP contribution in [-0.2, 0) is 24.2 Å². The van der Waals surface area contributed by atoms with E-state index in [9.17, 15) is 31.2 Å². The predicted molar refractivity (Wildman–Crippen MR) is 138 cm³/mol. The summed E-state index contributed by atoms with van der Waals surface area (Å²) in [6.45, 7) is 4.87. The maximum absolute atomic E-state index is 15.0. The minimum Gasteiger partial charge on any atom is -0.441 e. The van der Waals surface area contributed by atoms with Gasteiger partial charge in [-0.3, -0.25) is 4.79 Å². The Morgan fingerprint density at radius 2 is 1.83 bits per heavy atom. The van der Waals surface area contributed by atoms with Crippen molar-refractivity contribution in [1.29, 1.82) is 0 Å². The van der Waals surface area contributed by atoms with Gasteiger partial charge in [0.1, 0.15) is 5.82 Å². The fourth-order valence-corrected chi connectivity index (χ4v) is 7.44. The van der Waals surface area contributed by atoms with Crippen LogP contribution in [0.2, 0.25) is 0 Å². The van der Waals surface area contributed by atoms with Crippen LogP contribution in [0.1, 0.15) is 57.7 Å². The molecule has 16 heteroatoms. The Bertz CT molecular complexity index is 1440. The van der Waals surface area contributed by atoms with Gasteiger partial charge in [-0.15, -0.1) is 0 Å². The van der Waals surface area contributed by atoms with E-state index in [-0.39, 0.29) is 17.4 Å². The lowest BCUT2D eigenvalue weighted by molar-refractivity contribution is -0.236. The second kappa shape index (κ2) is 10.7. The van der Waals surface area contributed by atoms with Crippen LogP contribution in [0.3, 0.4) is 0 Å². The molecule has 0 radical (unpaired) electrons. The number of hydrogen-bond donors (Lipinski definition) is 0. The van der Waals surface area contributed by atoms with Gasteiger partial charge in [-0.2, -0.15) is 17.5 Å². The number of hydrogen-bond acceptors (Lipinski definition) is 10. The third-order valence-electron chi connectivity index (χ3n) is 7.35. The highest BCUT2D eigenvalue weighted by Crippen LogP contribution is 2.39. The molecule has 3 heterocycles. The Kier molecular flexibility index (Phi) is 7.68. The number of halogens is 4. The molecule has 41 heavy (non-hydrogen) atoms. The number of nitrogens with zero attached hydrogens (tertiary/aromatic N) is 4. The zero-order chi connectivity index (χ0) is 29.7. The molecule has 0 bridgehead atoms. The Balaban J connectivity index is 1.34. The molecule has 1 saturated carbocycles. The summed E-state index contributed by atoms with van der Waals surface area (Å²) in [6, 6.07) is 2.25. The van der Waals surface area contributed by atoms with Crippen molar-refractivity contribution in [2.45, 2.75) is 80.0 Å². The van der Waals surface area contributed by atoms with Crippen molar-refractivity contribution in [3.05, 3.63) is 29.8 Å². The average Bonchev–Trinajstić information content (AvgIpc) is 3.58. The lowest BCUT2D eigenvalue weighted by atomic mass is 10.0. The van der Waals surface area contributed by atoms with Gasteiger partial charge in [-0.1, -0.05) is 13.8 Å². The lowest BCUT2D eigenvalue weighted by Crippen LogP contribution is -2.53. The molecule has 1 aliphatic carbocycles. The molecule has 2 saturated heterocycles. The fourth-order valence-electron chi connectivity index (χ4n) is 4.91. The van der Waals surface area contributed by atoms with E-state index in [4.69, 9.17) is 4.74 Å². The van der Waals surface area contributed by atoms with Gasteiger partial charge in [0.15, 0.2) is 21.4 Å². The summed E-state index contributed by atoms with van der Waals surface area (Å²) >= 11 is 1.26. The van der Waals surface area contributed by atoms with E-state index >= 15 is 4.39 Å². The molecule has 10 nitrogen and oxygen atoms in total. The van der Waals surface area contributed by atoms with Gasteiger partial charge in [0.2, 0.25) is 5.13 Å². The topological polar surface area (TPSA) is 119 Å². The molecule has 3 fully saturated rings. The standard InChI is InChI=1S/C25H28F4N4O6S2/c1-14(2)20-30-23(40-31-20)32-10-7-15(8-11-32)33-12-9-24(21(33)34,39-22(35)25(27,28)29)38-19-6-5-17(13-18(19)26)41(36,37)16-3-4-16/h5-6,13-16H,3-4,7-12H2,1-2H3. The summed E-state index contributed by atoms with van der Waals surface area (Å²) in [4.78, 5) is 33.0. The van der Waals surface area contributed by atoms with E-state index in [2.05, 4.69) is 14.1 Å². The van der Waals surface area contributed by atoms with Crippen LogP contribution in [0.5, 0.6) is 5.75 Å². The average molecular weight is 621 g/mol. The fraction of sp³-hybridized carbons (Fsp3) is 0.600. The summed E-state index contributed by atoms with van der Waals surface area (Å²) in [7, 11) is -3.76. The number of piperidine rings is 1. The Labute approximate surface area is 237 Å². The van der Waals surface area contributed by atoms with Crippen LogP contribution in [0.15, 0.2) is 23.1 Å². The normalized spacial score (nSPS) is 22.5. The molecule has 0 N–H and O–H groups in total. The number of rotatable bonds is 8. The number of esters is 1. The minimum atomic E-state index is -5.44.